The molecule has 2 aliphatic heterocycles. The predicted octanol–water partition coefficient (Wildman–Crippen LogP) is 2.67. The predicted molar refractivity (Wildman–Crippen MR) is 120 cm³/mol. The number of fused-ring (bicyclic) bond motifs is 1. The Labute approximate surface area is 182 Å². The highest BCUT2D eigenvalue weighted by Gasteiger charge is 2.25. The SMILES string of the molecule is Cc1ccc2c(c1)CCCN2CC(=O)N1CCN(CC(=O)Nc2ccc(F)cc2)CC1. The first-order chi connectivity index (χ1) is 15.0. The fraction of sp³-hybridized carbons (Fsp3) is 0.417. The van der Waals surface area contributed by atoms with Crippen LogP contribution in [0.2, 0.25) is 0 Å². The van der Waals surface area contributed by atoms with Crippen LogP contribution in [0, 0.1) is 12.7 Å². The molecular formula is C24H29FN4O2. The molecule has 1 N–H and O–H groups in total. The van der Waals surface area contributed by atoms with Crippen LogP contribution in [0.1, 0.15) is 17.5 Å². The molecule has 2 aromatic rings. The van der Waals surface area contributed by atoms with Gasteiger partial charge in [-0.1, -0.05) is 17.7 Å². The molecule has 0 aliphatic carbocycles. The summed E-state index contributed by atoms with van der Waals surface area (Å²) in [5, 5.41) is 2.78. The number of carbonyl (C=O) groups excluding carboxylic acids is 2. The fourth-order valence-electron chi connectivity index (χ4n) is 4.32. The minimum absolute atomic E-state index is 0.133. The number of hydrogen-bond donors (Lipinski definition) is 1. The van der Waals surface area contributed by atoms with Gasteiger partial charge in [0.25, 0.3) is 0 Å². The fourth-order valence-corrected chi connectivity index (χ4v) is 4.32. The highest BCUT2D eigenvalue weighted by molar-refractivity contribution is 5.92. The van der Waals surface area contributed by atoms with E-state index in [0.717, 1.165) is 19.4 Å². The number of carbonyl (C=O) groups is 2. The highest BCUT2D eigenvalue weighted by atomic mass is 19.1. The Bertz CT molecular complexity index is 939. The van der Waals surface area contributed by atoms with Crippen molar-refractivity contribution in [2.75, 3.05) is 56.0 Å². The smallest absolute Gasteiger partial charge is 0.242 e. The second-order valence-corrected chi connectivity index (χ2v) is 8.37. The molecule has 164 valence electrons. The molecule has 0 radical (unpaired) electrons. The lowest BCUT2D eigenvalue weighted by atomic mass is 9.99. The summed E-state index contributed by atoms with van der Waals surface area (Å²) in [4.78, 5) is 31.3. The number of halogens is 1. The van der Waals surface area contributed by atoms with E-state index < -0.39 is 0 Å². The molecule has 31 heavy (non-hydrogen) atoms. The molecule has 0 spiro atoms. The second-order valence-electron chi connectivity index (χ2n) is 8.37. The van der Waals surface area contributed by atoms with Crippen LogP contribution in [0.4, 0.5) is 15.8 Å². The van der Waals surface area contributed by atoms with Gasteiger partial charge in [-0.3, -0.25) is 14.5 Å². The van der Waals surface area contributed by atoms with Crippen molar-refractivity contribution in [1.82, 2.24) is 9.80 Å². The zero-order valence-electron chi connectivity index (χ0n) is 17.9. The van der Waals surface area contributed by atoms with Crippen molar-refractivity contribution in [2.45, 2.75) is 19.8 Å². The van der Waals surface area contributed by atoms with E-state index in [0.29, 0.717) is 38.4 Å². The van der Waals surface area contributed by atoms with Gasteiger partial charge in [-0.25, -0.2) is 4.39 Å². The van der Waals surface area contributed by atoms with Crippen molar-refractivity contribution in [3.63, 3.8) is 0 Å². The number of amides is 2. The molecule has 0 saturated carbocycles. The summed E-state index contributed by atoms with van der Waals surface area (Å²) < 4.78 is 13.0. The van der Waals surface area contributed by atoms with E-state index in [1.165, 1.54) is 28.9 Å². The van der Waals surface area contributed by atoms with Gasteiger partial charge in [-0.2, -0.15) is 0 Å². The Morgan fingerprint density at radius 2 is 1.71 bits per heavy atom. The average molecular weight is 425 g/mol. The number of piperazine rings is 1. The minimum atomic E-state index is -0.332. The van der Waals surface area contributed by atoms with Crippen LogP contribution >= 0.6 is 0 Å². The minimum Gasteiger partial charge on any atom is -0.362 e. The van der Waals surface area contributed by atoms with Crippen LogP contribution in [0.15, 0.2) is 42.5 Å². The summed E-state index contributed by atoms with van der Waals surface area (Å²) in [5.74, 6) is -0.322. The monoisotopic (exact) mass is 424 g/mol. The lowest BCUT2D eigenvalue weighted by Gasteiger charge is -2.37. The van der Waals surface area contributed by atoms with E-state index in [2.05, 4.69) is 35.3 Å². The van der Waals surface area contributed by atoms with Crippen LogP contribution in [-0.2, 0) is 16.0 Å². The van der Waals surface area contributed by atoms with Gasteiger partial charge in [0, 0.05) is 44.1 Å². The van der Waals surface area contributed by atoms with E-state index in [4.69, 9.17) is 0 Å². The summed E-state index contributed by atoms with van der Waals surface area (Å²) in [6, 6.07) is 12.2. The van der Waals surface area contributed by atoms with Crippen molar-refractivity contribution in [3.05, 3.63) is 59.4 Å². The molecule has 2 aliphatic rings. The molecule has 2 heterocycles. The van der Waals surface area contributed by atoms with Gasteiger partial charge < -0.3 is 15.1 Å². The third kappa shape index (κ3) is 5.41. The topological polar surface area (TPSA) is 55.9 Å². The molecule has 2 aromatic carbocycles. The van der Waals surface area contributed by atoms with Crippen LogP contribution in [0.5, 0.6) is 0 Å². The molecule has 0 atom stereocenters. The zero-order valence-corrected chi connectivity index (χ0v) is 17.9. The Morgan fingerprint density at radius 3 is 2.45 bits per heavy atom. The molecule has 1 fully saturated rings. The summed E-state index contributed by atoms with van der Waals surface area (Å²) in [6.07, 6.45) is 2.14. The van der Waals surface area contributed by atoms with E-state index in [9.17, 15) is 14.0 Å². The summed E-state index contributed by atoms with van der Waals surface area (Å²) in [7, 11) is 0. The van der Waals surface area contributed by atoms with Gasteiger partial charge in [-0.15, -0.1) is 0 Å². The van der Waals surface area contributed by atoms with E-state index in [-0.39, 0.29) is 24.2 Å². The molecular weight excluding hydrogens is 395 g/mol. The van der Waals surface area contributed by atoms with Crippen molar-refractivity contribution >= 4 is 23.2 Å². The lowest BCUT2D eigenvalue weighted by molar-refractivity contribution is -0.131. The normalized spacial score (nSPS) is 16.7. The van der Waals surface area contributed by atoms with Crippen LogP contribution in [-0.4, -0.2) is 67.4 Å². The third-order valence-electron chi connectivity index (χ3n) is 6.00. The van der Waals surface area contributed by atoms with Crippen molar-refractivity contribution < 1.29 is 14.0 Å². The number of nitrogens with one attached hydrogen (secondary N) is 1. The molecule has 0 aromatic heterocycles. The number of rotatable bonds is 5. The number of aryl methyl sites for hydroxylation is 2. The standard InChI is InChI=1S/C24H29FN4O2/c1-18-4-9-22-19(15-18)3-2-10-29(22)17-24(31)28-13-11-27(12-14-28)16-23(30)26-21-7-5-20(25)6-8-21/h4-9,15H,2-3,10-14,16-17H2,1H3,(H,26,30). The first-order valence-electron chi connectivity index (χ1n) is 10.9. The average Bonchev–Trinajstić information content (AvgIpc) is 2.76. The van der Waals surface area contributed by atoms with Crippen LogP contribution < -0.4 is 10.2 Å². The molecule has 2 amide bonds. The highest BCUT2D eigenvalue weighted by Crippen LogP contribution is 2.27. The Morgan fingerprint density at radius 1 is 0.968 bits per heavy atom. The van der Waals surface area contributed by atoms with E-state index in [1.807, 2.05) is 9.80 Å². The Balaban J connectivity index is 1.25. The summed E-state index contributed by atoms with van der Waals surface area (Å²) in [5.41, 5.74) is 4.35. The Kier molecular flexibility index (Phi) is 6.51. The van der Waals surface area contributed by atoms with Gasteiger partial charge in [0.15, 0.2) is 0 Å². The lowest BCUT2D eigenvalue weighted by Crippen LogP contribution is -2.52. The van der Waals surface area contributed by atoms with Gasteiger partial charge in [0.05, 0.1) is 13.1 Å². The van der Waals surface area contributed by atoms with Gasteiger partial charge in [0.2, 0.25) is 11.8 Å². The molecule has 0 unspecified atom stereocenters. The Hall–Kier alpha value is -2.93. The molecule has 7 heteroatoms. The third-order valence-corrected chi connectivity index (χ3v) is 6.00. The summed E-state index contributed by atoms with van der Waals surface area (Å²) in [6.45, 7) is 6.25. The quantitative estimate of drug-likeness (QED) is 0.802. The summed E-state index contributed by atoms with van der Waals surface area (Å²) >= 11 is 0. The molecule has 4 rings (SSSR count). The van der Waals surface area contributed by atoms with Crippen molar-refractivity contribution in [3.8, 4) is 0 Å². The maximum Gasteiger partial charge on any atom is 0.242 e. The molecule has 6 nitrogen and oxygen atoms in total. The van der Waals surface area contributed by atoms with Crippen molar-refractivity contribution in [2.24, 2.45) is 0 Å². The zero-order chi connectivity index (χ0) is 21.8. The maximum absolute atomic E-state index is 13.0. The van der Waals surface area contributed by atoms with E-state index >= 15 is 0 Å². The number of anilines is 2. The van der Waals surface area contributed by atoms with Gasteiger partial charge in [-0.05, 0) is 55.7 Å². The molecule has 0 bridgehead atoms. The first kappa shape index (κ1) is 21.3. The number of hydrogen-bond acceptors (Lipinski definition) is 4. The second kappa shape index (κ2) is 9.47. The first-order valence-corrected chi connectivity index (χ1v) is 10.9. The van der Waals surface area contributed by atoms with E-state index in [1.54, 1.807) is 12.1 Å². The van der Waals surface area contributed by atoms with Crippen molar-refractivity contribution in [1.29, 1.82) is 0 Å². The van der Waals surface area contributed by atoms with Crippen LogP contribution in [0.3, 0.4) is 0 Å². The van der Waals surface area contributed by atoms with Gasteiger partial charge in [0.1, 0.15) is 5.82 Å². The number of nitrogens with zero attached hydrogens (tertiary/aromatic N) is 3. The number of benzene rings is 2. The molecule has 1 saturated heterocycles. The maximum atomic E-state index is 13.0. The van der Waals surface area contributed by atoms with Gasteiger partial charge >= 0.3 is 0 Å². The van der Waals surface area contributed by atoms with Crippen LogP contribution in [0.25, 0.3) is 0 Å². The largest absolute Gasteiger partial charge is 0.362 e.